The lowest BCUT2D eigenvalue weighted by molar-refractivity contribution is 0.443. The lowest BCUT2D eigenvalue weighted by Gasteiger charge is -2.24. The summed E-state index contributed by atoms with van der Waals surface area (Å²) in [6.45, 7) is 0. The normalized spacial score (nSPS) is 20.3. The minimum Gasteiger partial charge on any atom is -0.319 e. The molecule has 1 fully saturated rings. The van der Waals surface area contributed by atoms with Gasteiger partial charge in [-0.3, -0.25) is 9.47 Å². The molecule has 2 aromatic rings. The van der Waals surface area contributed by atoms with Crippen LogP contribution >= 0.6 is 0 Å². The van der Waals surface area contributed by atoms with Gasteiger partial charge in [-0.1, -0.05) is 55.7 Å². The minimum atomic E-state index is 0.208. The van der Waals surface area contributed by atoms with E-state index in [4.69, 9.17) is 0 Å². The van der Waals surface area contributed by atoms with Crippen LogP contribution < -0.4 is 10.4 Å². The van der Waals surface area contributed by atoms with Crippen LogP contribution in [0.3, 0.4) is 0 Å². The Morgan fingerprint density at radius 2 is 1.79 bits per heavy atom. The number of nitrogens with zero attached hydrogens (tertiary/aromatic N) is 2. The summed E-state index contributed by atoms with van der Waals surface area (Å²) >= 11 is 0. The number of pyridine rings is 1. The van der Waals surface area contributed by atoms with Crippen molar-refractivity contribution in [2.75, 3.05) is 19.1 Å². The largest absolute Gasteiger partial charge is 0.319 e. The molecule has 1 saturated carbocycles. The highest BCUT2D eigenvalue weighted by molar-refractivity contribution is 5.64. The molecule has 0 bridgehead atoms. The molecule has 1 aromatic carbocycles. The van der Waals surface area contributed by atoms with Crippen LogP contribution in [0.1, 0.15) is 74.3 Å². The quantitative estimate of drug-likeness (QED) is 0.651. The summed E-state index contributed by atoms with van der Waals surface area (Å²) in [5, 5.41) is 2.04. The van der Waals surface area contributed by atoms with Crippen molar-refractivity contribution in [3.63, 3.8) is 0 Å². The SMILES string of the molecule is CN(C)n1cc(-c2cccc(C3CCCCC3)c2)c(=O)c(C2CC=CCC2)c1. The summed E-state index contributed by atoms with van der Waals surface area (Å²) in [7, 11) is 4.05. The molecule has 0 radical (unpaired) electrons. The second-order valence-electron chi connectivity index (χ2n) is 8.63. The van der Waals surface area contributed by atoms with Crippen molar-refractivity contribution >= 4 is 0 Å². The summed E-state index contributed by atoms with van der Waals surface area (Å²) in [6, 6.07) is 8.76. The molecular formula is C25H32N2O. The zero-order chi connectivity index (χ0) is 19.5. The Labute approximate surface area is 168 Å². The number of rotatable bonds is 4. The highest BCUT2D eigenvalue weighted by Gasteiger charge is 2.21. The van der Waals surface area contributed by atoms with Gasteiger partial charge in [-0.25, -0.2) is 0 Å². The molecule has 28 heavy (non-hydrogen) atoms. The Hall–Kier alpha value is -2.29. The van der Waals surface area contributed by atoms with Gasteiger partial charge in [0, 0.05) is 37.6 Å². The fraction of sp³-hybridized carbons (Fsp3) is 0.480. The third-order valence-electron chi connectivity index (χ3n) is 6.48. The molecule has 3 nitrogen and oxygen atoms in total. The summed E-state index contributed by atoms with van der Waals surface area (Å²) in [6.07, 6.45) is 18.2. The van der Waals surface area contributed by atoms with E-state index >= 15 is 0 Å². The first kappa shape index (κ1) is 19.0. The molecule has 0 spiro atoms. The van der Waals surface area contributed by atoms with E-state index in [-0.39, 0.29) is 5.43 Å². The van der Waals surface area contributed by atoms with E-state index < -0.39 is 0 Å². The monoisotopic (exact) mass is 376 g/mol. The van der Waals surface area contributed by atoms with Gasteiger partial charge in [0.1, 0.15) is 0 Å². The second-order valence-corrected chi connectivity index (χ2v) is 8.63. The smallest absolute Gasteiger partial charge is 0.192 e. The standard InChI is InChI=1S/C25H32N2O/c1-26(2)27-17-23(20-12-7-4-8-13-20)25(28)24(18-27)22-15-9-14-21(16-22)19-10-5-3-6-11-19/h4,7,9,14-20H,3,5-6,8,10-13H2,1-2H3. The molecule has 2 aliphatic rings. The first-order valence-corrected chi connectivity index (χ1v) is 10.8. The average Bonchev–Trinajstić information content (AvgIpc) is 2.75. The molecule has 148 valence electrons. The number of benzene rings is 1. The fourth-order valence-corrected chi connectivity index (χ4v) is 4.78. The van der Waals surface area contributed by atoms with Crippen LogP contribution in [0, 0.1) is 0 Å². The van der Waals surface area contributed by atoms with Gasteiger partial charge in [-0.15, -0.1) is 0 Å². The molecule has 2 aliphatic carbocycles. The van der Waals surface area contributed by atoms with E-state index in [0.717, 1.165) is 36.0 Å². The van der Waals surface area contributed by atoms with Crippen molar-refractivity contribution in [3.8, 4) is 11.1 Å². The predicted octanol–water partition coefficient (Wildman–Crippen LogP) is 5.58. The van der Waals surface area contributed by atoms with Gasteiger partial charge >= 0.3 is 0 Å². The number of hydrogen-bond acceptors (Lipinski definition) is 2. The van der Waals surface area contributed by atoms with Gasteiger partial charge in [0.2, 0.25) is 0 Å². The van der Waals surface area contributed by atoms with Crippen molar-refractivity contribution in [1.82, 2.24) is 4.68 Å². The third kappa shape index (κ3) is 3.94. The molecule has 4 rings (SSSR count). The van der Waals surface area contributed by atoms with E-state index in [2.05, 4.69) is 41.1 Å². The summed E-state index contributed by atoms with van der Waals surface area (Å²) < 4.78 is 2.07. The average molecular weight is 377 g/mol. The Morgan fingerprint density at radius 1 is 0.964 bits per heavy atom. The zero-order valence-corrected chi connectivity index (χ0v) is 17.2. The third-order valence-corrected chi connectivity index (χ3v) is 6.48. The molecule has 1 unspecified atom stereocenters. The van der Waals surface area contributed by atoms with Crippen LogP contribution in [0.5, 0.6) is 0 Å². The molecule has 3 heteroatoms. The number of hydrogen-bond donors (Lipinski definition) is 0. The van der Waals surface area contributed by atoms with Crippen LogP contribution in [-0.4, -0.2) is 18.8 Å². The highest BCUT2D eigenvalue weighted by Crippen LogP contribution is 2.34. The Balaban J connectivity index is 1.77. The van der Waals surface area contributed by atoms with Gasteiger partial charge in [-0.05, 0) is 55.1 Å². The van der Waals surface area contributed by atoms with E-state index in [9.17, 15) is 4.79 Å². The molecule has 1 heterocycles. The topological polar surface area (TPSA) is 25.2 Å². The highest BCUT2D eigenvalue weighted by atomic mass is 16.1. The van der Waals surface area contributed by atoms with Crippen LogP contribution in [0.15, 0.2) is 53.6 Å². The predicted molar refractivity (Wildman–Crippen MR) is 118 cm³/mol. The molecule has 1 aromatic heterocycles. The number of aromatic nitrogens is 1. The van der Waals surface area contributed by atoms with Crippen molar-refractivity contribution < 1.29 is 0 Å². The summed E-state index contributed by atoms with van der Waals surface area (Å²) in [5.41, 5.74) is 4.46. The fourth-order valence-electron chi connectivity index (χ4n) is 4.78. The van der Waals surface area contributed by atoms with Gasteiger partial charge in [0.15, 0.2) is 5.43 Å². The molecule has 1 atom stereocenters. The summed E-state index contributed by atoms with van der Waals surface area (Å²) in [4.78, 5) is 13.5. The maximum absolute atomic E-state index is 13.5. The minimum absolute atomic E-state index is 0.208. The van der Waals surface area contributed by atoms with Crippen LogP contribution in [0.4, 0.5) is 0 Å². The first-order valence-electron chi connectivity index (χ1n) is 10.8. The van der Waals surface area contributed by atoms with Crippen molar-refractivity contribution in [2.24, 2.45) is 0 Å². The maximum Gasteiger partial charge on any atom is 0.192 e. The van der Waals surface area contributed by atoms with Crippen molar-refractivity contribution in [2.45, 2.75) is 63.2 Å². The zero-order valence-electron chi connectivity index (χ0n) is 17.2. The van der Waals surface area contributed by atoms with Gasteiger partial charge in [-0.2, -0.15) is 0 Å². The van der Waals surface area contributed by atoms with Crippen LogP contribution in [0.2, 0.25) is 0 Å². The molecule has 0 amide bonds. The van der Waals surface area contributed by atoms with E-state index in [1.807, 2.05) is 31.5 Å². The van der Waals surface area contributed by atoms with Gasteiger partial charge in [0.05, 0.1) is 0 Å². The summed E-state index contributed by atoms with van der Waals surface area (Å²) in [5.74, 6) is 0.974. The Bertz CT molecular complexity index is 903. The van der Waals surface area contributed by atoms with Crippen LogP contribution in [-0.2, 0) is 0 Å². The van der Waals surface area contributed by atoms with Crippen molar-refractivity contribution in [3.05, 3.63) is 70.2 Å². The molecule has 0 saturated heterocycles. The Morgan fingerprint density at radius 3 is 2.50 bits per heavy atom. The van der Waals surface area contributed by atoms with E-state index in [1.54, 1.807) is 0 Å². The van der Waals surface area contributed by atoms with Gasteiger partial charge in [0.25, 0.3) is 0 Å². The lowest BCUT2D eigenvalue weighted by Crippen LogP contribution is -2.29. The van der Waals surface area contributed by atoms with Crippen LogP contribution in [0.25, 0.3) is 11.1 Å². The molecule has 0 aliphatic heterocycles. The molecular weight excluding hydrogens is 344 g/mol. The number of allylic oxidation sites excluding steroid dienone is 2. The van der Waals surface area contributed by atoms with E-state index in [1.165, 1.54) is 37.7 Å². The first-order chi connectivity index (χ1) is 13.6. The second kappa shape index (κ2) is 8.38. The van der Waals surface area contributed by atoms with Gasteiger partial charge < -0.3 is 5.01 Å². The van der Waals surface area contributed by atoms with E-state index in [0.29, 0.717) is 11.8 Å². The van der Waals surface area contributed by atoms with Crippen molar-refractivity contribution in [1.29, 1.82) is 0 Å². The lowest BCUT2D eigenvalue weighted by atomic mass is 9.83. The Kier molecular flexibility index (Phi) is 5.70. The maximum atomic E-state index is 13.5. The molecule has 0 N–H and O–H groups in total.